The van der Waals surface area contributed by atoms with Crippen molar-refractivity contribution in [3.05, 3.63) is 59.7 Å². The molecule has 0 aromatic heterocycles. The first-order chi connectivity index (χ1) is 14.6. The molecule has 9 heteroatoms. The number of ketones is 1. The third kappa shape index (κ3) is 5.33. The third-order valence-electron chi connectivity index (χ3n) is 5.34. The number of Topliss-reactive ketones (excluding diaryl/α,β-unsaturated/α-hetero) is 1. The van der Waals surface area contributed by atoms with Gasteiger partial charge in [0.25, 0.3) is 9.84 Å². The molecule has 5 nitrogen and oxygen atoms in total. The Kier molecular flexibility index (Phi) is 6.83. The largest absolute Gasteiger partial charge is 0.501 e. The van der Waals surface area contributed by atoms with Crippen molar-refractivity contribution in [2.45, 2.75) is 48.9 Å². The lowest BCUT2D eigenvalue weighted by Gasteiger charge is -2.21. The maximum absolute atomic E-state index is 12.8. The molecule has 0 bridgehead atoms. The summed E-state index contributed by atoms with van der Waals surface area (Å²) >= 11 is 0. The van der Waals surface area contributed by atoms with Crippen LogP contribution >= 0.6 is 0 Å². The molecule has 1 aliphatic rings. The number of carbonyl (C=O) groups excluding carboxylic acids is 2. The van der Waals surface area contributed by atoms with Crippen LogP contribution in [0.5, 0.6) is 0 Å². The maximum Gasteiger partial charge on any atom is 0.501 e. The highest BCUT2D eigenvalue weighted by Crippen LogP contribution is 2.31. The number of hydrogen-bond acceptors (Lipinski definition) is 4. The van der Waals surface area contributed by atoms with Crippen LogP contribution in [-0.4, -0.2) is 25.6 Å². The van der Waals surface area contributed by atoms with Gasteiger partial charge >= 0.3 is 5.51 Å². The molecule has 0 radical (unpaired) electrons. The predicted molar refractivity (Wildman–Crippen MR) is 109 cm³/mol. The van der Waals surface area contributed by atoms with Crippen LogP contribution in [0.2, 0.25) is 0 Å². The topological polar surface area (TPSA) is 80.3 Å². The Morgan fingerprint density at radius 2 is 1.65 bits per heavy atom. The number of rotatable bonds is 6. The Morgan fingerprint density at radius 1 is 0.968 bits per heavy atom. The second-order valence-corrected chi connectivity index (χ2v) is 9.51. The van der Waals surface area contributed by atoms with E-state index in [-0.39, 0.29) is 29.4 Å². The smallest absolute Gasteiger partial charge is 0.325 e. The summed E-state index contributed by atoms with van der Waals surface area (Å²) in [4.78, 5) is 24.5. The molecule has 31 heavy (non-hydrogen) atoms. The molecule has 1 aliphatic carbocycles. The lowest BCUT2D eigenvalue weighted by molar-refractivity contribution is -0.120. The molecule has 1 saturated carbocycles. The van der Waals surface area contributed by atoms with E-state index in [9.17, 15) is 31.2 Å². The van der Waals surface area contributed by atoms with Gasteiger partial charge in [-0.2, -0.15) is 13.2 Å². The van der Waals surface area contributed by atoms with E-state index in [0.717, 1.165) is 50.3 Å². The van der Waals surface area contributed by atoms with Gasteiger partial charge in [-0.3, -0.25) is 9.59 Å². The van der Waals surface area contributed by atoms with E-state index >= 15 is 0 Å². The summed E-state index contributed by atoms with van der Waals surface area (Å²) in [6.07, 6.45) is 4.34. The molecule has 2 aromatic carbocycles. The highest BCUT2D eigenvalue weighted by molar-refractivity contribution is 7.92. The molecule has 0 unspecified atom stereocenters. The number of carbonyl (C=O) groups is 2. The summed E-state index contributed by atoms with van der Waals surface area (Å²) in [5, 5.41) is 2.80. The zero-order valence-electron chi connectivity index (χ0n) is 16.6. The SMILES string of the molecule is O=C(Cc1cccc(S(=O)(=O)C(F)(F)F)c1)c1ccccc1NC(=O)C1CCCCC1. The number of alkyl halides is 3. The standard InChI is InChI=1S/C22H22F3NO4S/c23-22(24,25)31(29,30)17-10-6-7-15(13-17)14-20(27)18-11-4-5-12-19(18)26-21(28)16-8-2-1-3-9-16/h4-7,10-13,16H,1-3,8-9,14H2,(H,26,28). The lowest BCUT2D eigenvalue weighted by atomic mass is 9.88. The zero-order valence-corrected chi connectivity index (χ0v) is 17.4. The molecule has 1 fully saturated rings. The number of amides is 1. The van der Waals surface area contributed by atoms with Crippen molar-refractivity contribution in [2.75, 3.05) is 5.32 Å². The number of hydrogen-bond donors (Lipinski definition) is 1. The average Bonchev–Trinajstić information content (AvgIpc) is 2.74. The molecule has 0 atom stereocenters. The van der Waals surface area contributed by atoms with Gasteiger partial charge in [-0.15, -0.1) is 0 Å². The van der Waals surface area contributed by atoms with E-state index < -0.39 is 26.0 Å². The molecule has 0 heterocycles. The molecule has 0 aliphatic heterocycles. The molecule has 166 valence electrons. The number of anilines is 1. The number of para-hydroxylation sites is 1. The van der Waals surface area contributed by atoms with Crippen LogP contribution in [-0.2, 0) is 21.1 Å². The van der Waals surface area contributed by atoms with Gasteiger partial charge in [0.05, 0.1) is 10.6 Å². The first-order valence-corrected chi connectivity index (χ1v) is 11.4. The Hall–Kier alpha value is -2.68. The summed E-state index contributed by atoms with van der Waals surface area (Å²) in [5.74, 6) is -0.708. The molecule has 2 aromatic rings. The van der Waals surface area contributed by atoms with Crippen molar-refractivity contribution in [1.82, 2.24) is 0 Å². The normalized spacial score (nSPS) is 15.5. The summed E-state index contributed by atoms with van der Waals surface area (Å²) in [6, 6.07) is 10.7. The molecular formula is C22H22F3NO4S. The van der Waals surface area contributed by atoms with E-state index in [1.54, 1.807) is 18.2 Å². The van der Waals surface area contributed by atoms with E-state index in [4.69, 9.17) is 0 Å². The van der Waals surface area contributed by atoms with Crippen LogP contribution in [0.15, 0.2) is 53.4 Å². The van der Waals surface area contributed by atoms with E-state index in [1.165, 1.54) is 12.1 Å². The maximum atomic E-state index is 12.8. The fourth-order valence-corrected chi connectivity index (χ4v) is 4.50. The molecule has 0 spiro atoms. The minimum absolute atomic E-state index is 0.110. The third-order valence-corrected chi connectivity index (χ3v) is 6.82. The Bertz CT molecular complexity index is 1070. The second kappa shape index (κ2) is 9.21. The first kappa shape index (κ1) is 23.0. The molecular weight excluding hydrogens is 431 g/mol. The number of benzene rings is 2. The predicted octanol–water partition coefficient (Wildman–Crippen LogP) is 4.92. The van der Waals surface area contributed by atoms with Crippen molar-refractivity contribution in [3.63, 3.8) is 0 Å². The fourth-order valence-electron chi connectivity index (χ4n) is 3.67. The fraction of sp³-hybridized carbons (Fsp3) is 0.364. The van der Waals surface area contributed by atoms with Crippen LogP contribution in [0.4, 0.5) is 18.9 Å². The molecule has 1 amide bonds. The van der Waals surface area contributed by atoms with Gasteiger partial charge in [0.1, 0.15) is 0 Å². The minimum atomic E-state index is -5.50. The van der Waals surface area contributed by atoms with Crippen LogP contribution in [0.1, 0.15) is 48.0 Å². The molecule has 3 rings (SSSR count). The van der Waals surface area contributed by atoms with E-state index in [1.807, 2.05) is 0 Å². The van der Waals surface area contributed by atoms with Crippen molar-refractivity contribution in [3.8, 4) is 0 Å². The van der Waals surface area contributed by atoms with Crippen molar-refractivity contribution < 1.29 is 31.2 Å². The Labute approximate surface area is 178 Å². The number of nitrogens with one attached hydrogen (secondary N) is 1. The van der Waals surface area contributed by atoms with Gasteiger partial charge in [0.15, 0.2) is 5.78 Å². The van der Waals surface area contributed by atoms with Crippen molar-refractivity contribution in [1.29, 1.82) is 0 Å². The number of halogens is 3. The molecule has 1 N–H and O–H groups in total. The van der Waals surface area contributed by atoms with Crippen LogP contribution in [0.3, 0.4) is 0 Å². The minimum Gasteiger partial charge on any atom is -0.325 e. The Balaban J connectivity index is 1.79. The second-order valence-electron chi connectivity index (χ2n) is 7.57. The van der Waals surface area contributed by atoms with Crippen LogP contribution < -0.4 is 5.32 Å². The molecule has 0 saturated heterocycles. The van der Waals surface area contributed by atoms with Gasteiger partial charge in [-0.25, -0.2) is 8.42 Å². The zero-order chi connectivity index (χ0) is 22.6. The average molecular weight is 453 g/mol. The van der Waals surface area contributed by atoms with Gasteiger partial charge in [-0.05, 0) is 42.7 Å². The number of sulfone groups is 1. The summed E-state index contributed by atoms with van der Waals surface area (Å²) in [6.45, 7) is 0. The van der Waals surface area contributed by atoms with Gasteiger partial charge in [0.2, 0.25) is 5.91 Å². The lowest BCUT2D eigenvalue weighted by Crippen LogP contribution is -2.25. The Morgan fingerprint density at radius 3 is 2.32 bits per heavy atom. The highest BCUT2D eigenvalue weighted by Gasteiger charge is 2.46. The summed E-state index contributed by atoms with van der Waals surface area (Å²) in [5.41, 5.74) is -4.74. The van der Waals surface area contributed by atoms with Crippen molar-refractivity contribution >= 4 is 27.2 Å². The van der Waals surface area contributed by atoms with Gasteiger partial charge in [-0.1, -0.05) is 43.5 Å². The highest BCUT2D eigenvalue weighted by atomic mass is 32.2. The monoisotopic (exact) mass is 453 g/mol. The first-order valence-electron chi connectivity index (χ1n) is 9.93. The van der Waals surface area contributed by atoms with E-state index in [2.05, 4.69) is 5.32 Å². The quantitative estimate of drug-likeness (QED) is 0.630. The summed E-state index contributed by atoms with van der Waals surface area (Å²) in [7, 11) is -5.50. The van der Waals surface area contributed by atoms with Crippen LogP contribution in [0.25, 0.3) is 0 Å². The van der Waals surface area contributed by atoms with Crippen LogP contribution in [0, 0.1) is 5.92 Å². The van der Waals surface area contributed by atoms with Crippen molar-refractivity contribution in [2.24, 2.45) is 5.92 Å². The summed E-state index contributed by atoms with van der Waals surface area (Å²) < 4.78 is 61.7. The van der Waals surface area contributed by atoms with E-state index in [0.29, 0.717) is 5.69 Å². The van der Waals surface area contributed by atoms with Gasteiger partial charge in [0, 0.05) is 17.9 Å². The van der Waals surface area contributed by atoms with Gasteiger partial charge < -0.3 is 5.32 Å².